The van der Waals surface area contributed by atoms with Gasteiger partial charge in [-0.1, -0.05) is 0 Å². The van der Waals surface area contributed by atoms with Gasteiger partial charge in [0.15, 0.2) is 0 Å². The van der Waals surface area contributed by atoms with Crippen molar-refractivity contribution < 1.29 is 13.2 Å². The number of anilines is 2. The second-order valence-corrected chi connectivity index (χ2v) is 4.21. The molecule has 0 aliphatic carbocycles. The van der Waals surface area contributed by atoms with E-state index in [1.807, 2.05) is 0 Å². The fraction of sp³-hybridized carbons (Fsp3) is 0.250. The minimum Gasteiger partial charge on any atom is -0.384 e. The predicted molar refractivity (Wildman–Crippen MR) is 67.8 cm³/mol. The van der Waals surface area contributed by atoms with Gasteiger partial charge in [0.1, 0.15) is 29.4 Å². The van der Waals surface area contributed by atoms with E-state index in [0.717, 1.165) is 6.92 Å². The summed E-state index contributed by atoms with van der Waals surface area (Å²) in [5, 5.41) is 12.0. The van der Waals surface area contributed by atoms with Gasteiger partial charge in [-0.25, -0.2) is 9.97 Å². The van der Waals surface area contributed by atoms with E-state index >= 15 is 0 Å². The van der Waals surface area contributed by atoms with Crippen LogP contribution in [0.5, 0.6) is 0 Å². The number of hydrogen-bond acceptors (Lipinski definition) is 5. The van der Waals surface area contributed by atoms with Crippen molar-refractivity contribution in [1.29, 1.82) is 5.26 Å². The molecule has 3 N–H and O–H groups in total. The predicted octanol–water partition coefficient (Wildman–Crippen LogP) is 2.45. The summed E-state index contributed by atoms with van der Waals surface area (Å²) in [7, 11) is 0. The molecule has 0 radical (unpaired) electrons. The molecular formula is C12H10F3N5. The van der Waals surface area contributed by atoms with Crippen molar-refractivity contribution in [3.63, 3.8) is 0 Å². The molecule has 0 fully saturated rings. The second-order valence-electron chi connectivity index (χ2n) is 4.21. The quantitative estimate of drug-likeness (QED) is 0.882. The third-order valence-electron chi connectivity index (χ3n) is 2.69. The molecule has 5 nitrogen and oxygen atoms in total. The van der Waals surface area contributed by atoms with Crippen molar-refractivity contribution in [2.45, 2.75) is 19.1 Å². The van der Waals surface area contributed by atoms with E-state index in [0.29, 0.717) is 10.8 Å². The lowest BCUT2D eigenvalue weighted by Crippen LogP contribution is -2.33. The Morgan fingerprint density at radius 3 is 2.70 bits per heavy atom. The molecule has 2 aromatic rings. The Bertz CT molecular complexity index is 690. The lowest BCUT2D eigenvalue weighted by atomic mass is 10.1. The topological polar surface area (TPSA) is 87.6 Å². The maximum absolute atomic E-state index is 12.6. The summed E-state index contributed by atoms with van der Waals surface area (Å²) in [5.74, 6) is 0.115. The molecular weight excluding hydrogens is 271 g/mol. The van der Waals surface area contributed by atoms with Gasteiger partial charge in [-0.15, -0.1) is 0 Å². The molecule has 2 heterocycles. The number of nitriles is 1. The Balaban J connectivity index is 2.55. The zero-order valence-corrected chi connectivity index (χ0v) is 10.4. The van der Waals surface area contributed by atoms with E-state index in [-0.39, 0.29) is 17.3 Å². The highest BCUT2D eigenvalue weighted by atomic mass is 19.4. The summed E-state index contributed by atoms with van der Waals surface area (Å²) in [4.78, 5) is 7.70. The molecule has 0 aliphatic rings. The molecule has 0 bridgehead atoms. The Morgan fingerprint density at radius 2 is 2.10 bits per heavy atom. The highest BCUT2D eigenvalue weighted by Gasteiger charge is 2.36. The zero-order chi connectivity index (χ0) is 14.9. The Labute approximate surface area is 112 Å². The smallest absolute Gasteiger partial charge is 0.384 e. The van der Waals surface area contributed by atoms with Crippen molar-refractivity contribution >= 4 is 22.4 Å². The number of nitrogens with zero attached hydrogens (tertiary/aromatic N) is 3. The molecule has 8 heteroatoms. The molecule has 0 amide bonds. The second kappa shape index (κ2) is 4.85. The summed E-state index contributed by atoms with van der Waals surface area (Å²) in [6, 6.07) is 2.84. The third kappa shape index (κ3) is 2.71. The van der Waals surface area contributed by atoms with E-state index in [1.54, 1.807) is 6.07 Å². The highest BCUT2D eigenvalue weighted by molar-refractivity contribution is 5.93. The lowest BCUT2D eigenvalue weighted by molar-refractivity contribution is -0.138. The van der Waals surface area contributed by atoms with Gasteiger partial charge < -0.3 is 11.1 Å². The Kier molecular flexibility index (Phi) is 3.36. The molecule has 2 rings (SSSR count). The van der Waals surface area contributed by atoms with Crippen LogP contribution in [0.25, 0.3) is 10.8 Å². The molecule has 1 unspecified atom stereocenters. The van der Waals surface area contributed by atoms with Crippen LogP contribution in [0.1, 0.15) is 12.6 Å². The third-order valence-corrected chi connectivity index (χ3v) is 2.69. The molecule has 0 saturated heterocycles. The van der Waals surface area contributed by atoms with Crippen molar-refractivity contribution in [2.24, 2.45) is 0 Å². The van der Waals surface area contributed by atoms with Crippen LogP contribution in [0.15, 0.2) is 18.3 Å². The Hall–Kier alpha value is -2.56. The molecule has 104 valence electrons. The van der Waals surface area contributed by atoms with Crippen LogP contribution >= 0.6 is 0 Å². The van der Waals surface area contributed by atoms with Gasteiger partial charge in [-0.05, 0) is 19.1 Å². The van der Waals surface area contributed by atoms with Gasteiger partial charge in [-0.2, -0.15) is 18.4 Å². The largest absolute Gasteiger partial charge is 0.408 e. The van der Waals surface area contributed by atoms with Crippen LogP contribution in [-0.2, 0) is 0 Å². The van der Waals surface area contributed by atoms with Crippen molar-refractivity contribution in [3.8, 4) is 6.07 Å². The van der Waals surface area contributed by atoms with E-state index < -0.39 is 12.2 Å². The number of rotatable bonds is 2. The van der Waals surface area contributed by atoms with Gasteiger partial charge >= 0.3 is 6.18 Å². The van der Waals surface area contributed by atoms with Crippen LogP contribution in [0, 0.1) is 11.3 Å². The fourth-order valence-electron chi connectivity index (χ4n) is 1.62. The van der Waals surface area contributed by atoms with Gasteiger partial charge in [-0.3, -0.25) is 0 Å². The van der Waals surface area contributed by atoms with E-state index in [4.69, 9.17) is 11.0 Å². The fourth-order valence-corrected chi connectivity index (χ4v) is 1.62. The first kappa shape index (κ1) is 13.9. The molecule has 1 atom stereocenters. The molecule has 20 heavy (non-hydrogen) atoms. The lowest BCUT2D eigenvalue weighted by Gasteiger charge is -2.19. The van der Waals surface area contributed by atoms with E-state index in [1.165, 1.54) is 18.3 Å². The number of aromatic nitrogens is 2. The summed E-state index contributed by atoms with van der Waals surface area (Å²) in [5.41, 5.74) is 5.53. The highest BCUT2D eigenvalue weighted by Crippen LogP contribution is 2.28. The molecule has 0 aliphatic heterocycles. The summed E-state index contributed by atoms with van der Waals surface area (Å²) in [6.45, 7) is 0.969. The number of nitrogens with one attached hydrogen (secondary N) is 1. The standard InChI is InChI=1S/C12H10F3N5/c1-6(12(13,14)15)19-11-9-3-10(17)18-5-7(9)2-8(4-16)20-11/h2-3,5-6H,1H3,(H2,17,18)(H,19,20). The minimum absolute atomic E-state index is 0.000876. The maximum atomic E-state index is 12.6. The minimum atomic E-state index is -4.42. The SMILES string of the molecule is CC(Nc1nc(C#N)cc2cnc(N)cc12)C(F)(F)F. The summed E-state index contributed by atoms with van der Waals surface area (Å²) in [6.07, 6.45) is -3.04. The van der Waals surface area contributed by atoms with Crippen LogP contribution in [0.2, 0.25) is 0 Å². The molecule has 0 aromatic carbocycles. The molecule has 0 saturated carbocycles. The van der Waals surface area contributed by atoms with Gasteiger partial charge in [0, 0.05) is 17.0 Å². The average molecular weight is 281 g/mol. The van der Waals surface area contributed by atoms with E-state index in [2.05, 4.69) is 15.3 Å². The maximum Gasteiger partial charge on any atom is 0.408 e. The van der Waals surface area contributed by atoms with Crippen molar-refractivity contribution in [1.82, 2.24) is 9.97 Å². The number of alkyl halides is 3. The zero-order valence-electron chi connectivity index (χ0n) is 10.4. The van der Waals surface area contributed by atoms with Gasteiger partial charge in [0.05, 0.1) is 0 Å². The van der Waals surface area contributed by atoms with Crippen molar-refractivity contribution in [3.05, 3.63) is 24.0 Å². The number of fused-ring (bicyclic) bond motifs is 1. The molecule has 2 aromatic heterocycles. The van der Waals surface area contributed by atoms with Crippen LogP contribution in [0.3, 0.4) is 0 Å². The van der Waals surface area contributed by atoms with Crippen molar-refractivity contribution in [2.75, 3.05) is 11.1 Å². The number of nitrogen functional groups attached to an aromatic ring is 1. The van der Waals surface area contributed by atoms with Gasteiger partial charge in [0.2, 0.25) is 0 Å². The van der Waals surface area contributed by atoms with Crippen LogP contribution in [0.4, 0.5) is 24.8 Å². The number of nitrogens with two attached hydrogens (primary N) is 1. The van der Waals surface area contributed by atoms with E-state index in [9.17, 15) is 13.2 Å². The first-order valence-electron chi connectivity index (χ1n) is 5.61. The van der Waals surface area contributed by atoms with Crippen LogP contribution < -0.4 is 11.1 Å². The Morgan fingerprint density at radius 1 is 1.40 bits per heavy atom. The number of pyridine rings is 2. The molecule has 0 spiro atoms. The summed E-state index contributed by atoms with van der Waals surface area (Å²) >= 11 is 0. The first-order chi connectivity index (χ1) is 9.31. The average Bonchev–Trinajstić information content (AvgIpc) is 2.37. The number of hydrogen-bond donors (Lipinski definition) is 2. The summed E-state index contributed by atoms with van der Waals surface area (Å²) < 4.78 is 37.8. The normalized spacial score (nSPS) is 12.9. The first-order valence-corrected chi connectivity index (χ1v) is 5.61. The van der Waals surface area contributed by atoms with Gasteiger partial charge in [0.25, 0.3) is 0 Å². The number of halogens is 3. The monoisotopic (exact) mass is 281 g/mol. The van der Waals surface area contributed by atoms with Crippen LogP contribution in [-0.4, -0.2) is 22.2 Å².